The van der Waals surface area contributed by atoms with Gasteiger partial charge in [0.2, 0.25) is 10.0 Å². The average molecular weight is 551 g/mol. The molecule has 2 N–H and O–H groups in total. The molecule has 1 aliphatic rings. The SMILES string of the molecule is CCCS(=O)(=O)N1CCC(NC(=NCC(C)(C)Cc2ccccc2)NCC)CC1.I. The van der Waals surface area contributed by atoms with Gasteiger partial charge in [-0.3, -0.25) is 4.99 Å². The summed E-state index contributed by atoms with van der Waals surface area (Å²) in [6.45, 7) is 11.1. The molecule has 0 saturated carbocycles. The standard InChI is InChI=1S/C22H38N4O2S.HI/c1-5-16-29(27,28)26-14-12-20(13-15-26)25-21(23-6-2)24-18-22(3,4)17-19-10-8-7-9-11-19;/h7-11,20H,5-6,12-18H2,1-4H3,(H2,23,24,25);1H. The number of aliphatic imine (C=N–C) groups is 1. The molecule has 1 aromatic rings. The second-order valence-corrected chi connectivity index (χ2v) is 10.7. The first-order valence-electron chi connectivity index (χ1n) is 10.8. The van der Waals surface area contributed by atoms with E-state index in [1.807, 2.05) is 13.0 Å². The van der Waals surface area contributed by atoms with Crippen LogP contribution in [0, 0.1) is 5.41 Å². The molecule has 172 valence electrons. The van der Waals surface area contributed by atoms with Crippen molar-refractivity contribution in [3.05, 3.63) is 35.9 Å². The fraction of sp³-hybridized carbons (Fsp3) is 0.682. The third kappa shape index (κ3) is 9.09. The molecule has 2 rings (SSSR count). The molecule has 1 saturated heterocycles. The lowest BCUT2D eigenvalue weighted by Crippen LogP contribution is -2.50. The highest BCUT2D eigenvalue weighted by molar-refractivity contribution is 14.0. The van der Waals surface area contributed by atoms with Crippen LogP contribution in [0.3, 0.4) is 0 Å². The van der Waals surface area contributed by atoms with E-state index < -0.39 is 10.0 Å². The summed E-state index contributed by atoms with van der Waals surface area (Å²) in [7, 11) is -3.10. The fourth-order valence-corrected chi connectivity index (χ4v) is 5.22. The highest BCUT2D eigenvalue weighted by Gasteiger charge is 2.27. The average Bonchev–Trinajstić information content (AvgIpc) is 2.67. The van der Waals surface area contributed by atoms with Crippen LogP contribution < -0.4 is 10.6 Å². The van der Waals surface area contributed by atoms with E-state index in [1.54, 1.807) is 4.31 Å². The Bertz CT molecular complexity index is 746. The number of rotatable bonds is 9. The number of nitrogens with one attached hydrogen (secondary N) is 2. The Morgan fingerprint density at radius 1 is 1.17 bits per heavy atom. The second kappa shape index (κ2) is 12.9. The highest BCUT2D eigenvalue weighted by Crippen LogP contribution is 2.22. The van der Waals surface area contributed by atoms with Crippen molar-refractivity contribution >= 4 is 40.0 Å². The fourth-order valence-electron chi connectivity index (χ4n) is 3.68. The van der Waals surface area contributed by atoms with Crippen LogP contribution in [0.5, 0.6) is 0 Å². The summed E-state index contributed by atoms with van der Waals surface area (Å²) in [5, 5.41) is 6.85. The van der Waals surface area contributed by atoms with Gasteiger partial charge in [-0.1, -0.05) is 51.1 Å². The van der Waals surface area contributed by atoms with E-state index in [-0.39, 0.29) is 41.2 Å². The molecule has 0 spiro atoms. The number of halogens is 1. The molecule has 30 heavy (non-hydrogen) atoms. The summed E-state index contributed by atoms with van der Waals surface area (Å²) in [4.78, 5) is 4.84. The summed E-state index contributed by atoms with van der Waals surface area (Å²) in [5.74, 6) is 1.06. The van der Waals surface area contributed by atoms with Gasteiger partial charge in [0.25, 0.3) is 0 Å². The molecule has 0 atom stereocenters. The van der Waals surface area contributed by atoms with Crippen molar-refractivity contribution in [1.82, 2.24) is 14.9 Å². The largest absolute Gasteiger partial charge is 0.357 e. The maximum absolute atomic E-state index is 12.2. The van der Waals surface area contributed by atoms with E-state index in [0.717, 1.165) is 38.3 Å². The van der Waals surface area contributed by atoms with Crippen molar-refractivity contribution in [3.63, 3.8) is 0 Å². The first-order chi connectivity index (χ1) is 13.8. The zero-order chi connectivity index (χ0) is 21.3. The maximum Gasteiger partial charge on any atom is 0.214 e. The van der Waals surface area contributed by atoms with E-state index in [9.17, 15) is 8.42 Å². The normalized spacial score (nSPS) is 16.7. The Morgan fingerprint density at radius 2 is 1.80 bits per heavy atom. The first kappa shape index (κ1) is 27.2. The number of benzene rings is 1. The summed E-state index contributed by atoms with van der Waals surface area (Å²) in [5.41, 5.74) is 1.38. The molecule has 0 radical (unpaired) electrons. The van der Waals surface area contributed by atoms with Gasteiger partial charge in [-0.15, -0.1) is 24.0 Å². The Morgan fingerprint density at radius 3 is 2.37 bits per heavy atom. The number of hydrogen-bond donors (Lipinski definition) is 2. The van der Waals surface area contributed by atoms with Crippen molar-refractivity contribution in [1.29, 1.82) is 0 Å². The minimum Gasteiger partial charge on any atom is -0.357 e. The monoisotopic (exact) mass is 550 g/mol. The Balaban J connectivity index is 0.00000450. The van der Waals surface area contributed by atoms with Crippen molar-refractivity contribution in [2.45, 2.75) is 59.4 Å². The van der Waals surface area contributed by atoms with Crippen molar-refractivity contribution in [3.8, 4) is 0 Å². The molecule has 0 amide bonds. The van der Waals surface area contributed by atoms with Crippen LogP contribution in [-0.4, -0.2) is 56.7 Å². The van der Waals surface area contributed by atoms with Gasteiger partial charge in [0.15, 0.2) is 5.96 Å². The molecule has 0 aromatic heterocycles. The van der Waals surface area contributed by atoms with E-state index in [0.29, 0.717) is 19.5 Å². The van der Waals surface area contributed by atoms with Gasteiger partial charge >= 0.3 is 0 Å². The third-order valence-corrected chi connectivity index (χ3v) is 7.26. The topological polar surface area (TPSA) is 73.8 Å². The van der Waals surface area contributed by atoms with Crippen LogP contribution in [0.25, 0.3) is 0 Å². The highest BCUT2D eigenvalue weighted by atomic mass is 127. The van der Waals surface area contributed by atoms with Gasteiger partial charge in [-0.2, -0.15) is 0 Å². The molecular formula is C22H39IN4O2S. The number of guanidine groups is 1. The summed E-state index contributed by atoms with van der Waals surface area (Å²) >= 11 is 0. The first-order valence-corrected chi connectivity index (χ1v) is 12.4. The molecule has 8 heteroatoms. The molecule has 6 nitrogen and oxygen atoms in total. The third-order valence-electron chi connectivity index (χ3n) is 5.19. The molecule has 1 fully saturated rings. The minimum absolute atomic E-state index is 0. The molecule has 1 aliphatic heterocycles. The Hall–Kier alpha value is -0.870. The number of hydrogen-bond acceptors (Lipinski definition) is 3. The zero-order valence-corrected chi connectivity index (χ0v) is 22.0. The van der Waals surface area contributed by atoms with Crippen LogP contribution in [0.15, 0.2) is 35.3 Å². The van der Waals surface area contributed by atoms with Crippen molar-refractivity contribution in [2.75, 3.05) is 31.9 Å². The minimum atomic E-state index is -3.10. The number of sulfonamides is 1. The van der Waals surface area contributed by atoms with E-state index >= 15 is 0 Å². The van der Waals surface area contributed by atoms with Crippen LogP contribution in [0.1, 0.15) is 52.5 Å². The van der Waals surface area contributed by atoms with Gasteiger partial charge in [0.1, 0.15) is 0 Å². The van der Waals surface area contributed by atoms with Gasteiger partial charge in [-0.25, -0.2) is 12.7 Å². The molecule has 1 aromatic carbocycles. The van der Waals surface area contributed by atoms with Gasteiger partial charge in [0.05, 0.1) is 5.75 Å². The smallest absolute Gasteiger partial charge is 0.214 e. The predicted molar refractivity (Wildman–Crippen MR) is 137 cm³/mol. The summed E-state index contributed by atoms with van der Waals surface area (Å²) in [6, 6.07) is 10.8. The van der Waals surface area contributed by atoms with E-state index in [1.165, 1.54) is 5.56 Å². The van der Waals surface area contributed by atoms with E-state index in [2.05, 4.69) is 55.7 Å². The van der Waals surface area contributed by atoms with Crippen molar-refractivity contribution < 1.29 is 8.42 Å². The van der Waals surface area contributed by atoms with Crippen LogP contribution in [0.2, 0.25) is 0 Å². The molecule has 0 unspecified atom stereocenters. The van der Waals surface area contributed by atoms with Crippen LogP contribution >= 0.6 is 24.0 Å². The number of piperidine rings is 1. The molecule has 0 bridgehead atoms. The Labute approximate surface area is 200 Å². The lowest BCUT2D eigenvalue weighted by atomic mass is 9.86. The Kier molecular flexibility index (Phi) is 11.6. The maximum atomic E-state index is 12.2. The summed E-state index contributed by atoms with van der Waals surface area (Å²) < 4.78 is 26.1. The quantitative estimate of drug-likeness (QED) is 0.280. The molecule has 1 heterocycles. The zero-order valence-electron chi connectivity index (χ0n) is 18.9. The van der Waals surface area contributed by atoms with E-state index in [4.69, 9.17) is 4.99 Å². The van der Waals surface area contributed by atoms with Crippen LogP contribution in [0.4, 0.5) is 0 Å². The van der Waals surface area contributed by atoms with Gasteiger partial charge in [-0.05, 0) is 43.6 Å². The molecular weight excluding hydrogens is 511 g/mol. The van der Waals surface area contributed by atoms with Gasteiger partial charge < -0.3 is 10.6 Å². The second-order valence-electron chi connectivity index (χ2n) is 8.66. The molecule has 0 aliphatic carbocycles. The lowest BCUT2D eigenvalue weighted by molar-refractivity contribution is 0.305. The lowest BCUT2D eigenvalue weighted by Gasteiger charge is -2.32. The van der Waals surface area contributed by atoms with Crippen LogP contribution in [-0.2, 0) is 16.4 Å². The summed E-state index contributed by atoms with van der Waals surface area (Å²) in [6.07, 6.45) is 3.25. The van der Waals surface area contributed by atoms with Crippen molar-refractivity contribution in [2.24, 2.45) is 10.4 Å². The number of nitrogens with zero attached hydrogens (tertiary/aromatic N) is 2. The predicted octanol–water partition coefficient (Wildman–Crippen LogP) is 3.63. The van der Waals surface area contributed by atoms with Gasteiger partial charge in [0, 0.05) is 32.2 Å².